The third-order valence-electron chi connectivity index (χ3n) is 3.64. The van der Waals surface area contributed by atoms with Gasteiger partial charge in [-0.15, -0.1) is 0 Å². The van der Waals surface area contributed by atoms with E-state index in [4.69, 9.17) is 22.1 Å². The molecule has 0 saturated carbocycles. The predicted molar refractivity (Wildman–Crippen MR) is 84.1 cm³/mol. The van der Waals surface area contributed by atoms with Gasteiger partial charge in [0.25, 0.3) is 0 Å². The van der Waals surface area contributed by atoms with Crippen molar-refractivity contribution in [3.63, 3.8) is 0 Å². The number of rotatable bonds is 4. The van der Waals surface area contributed by atoms with Crippen LogP contribution in [0, 0.1) is 6.92 Å². The normalized spacial score (nSPS) is 19.3. The highest BCUT2D eigenvalue weighted by molar-refractivity contribution is 7.89. The number of carbonyl (C=O) groups is 1. The molecule has 2 rings (SSSR count). The van der Waals surface area contributed by atoms with Crippen LogP contribution in [0.5, 0.6) is 0 Å². The fourth-order valence-electron chi connectivity index (χ4n) is 2.52. The van der Waals surface area contributed by atoms with Crippen LogP contribution in [0.2, 0.25) is 5.02 Å². The van der Waals surface area contributed by atoms with Crippen molar-refractivity contribution in [2.75, 3.05) is 18.9 Å². The Labute approximate surface area is 135 Å². The summed E-state index contributed by atoms with van der Waals surface area (Å²) < 4.78 is 31.8. The molecule has 122 valence electrons. The highest BCUT2D eigenvalue weighted by atomic mass is 35.5. The van der Waals surface area contributed by atoms with E-state index in [-0.39, 0.29) is 23.7 Å². The first-order valence-electron chi connectivity index (χ1n) is 7.03. The second-order valence-electron chi connectivity index (χ2n) is 5.17. The summed E-state index contributed by atoms with van der Waals surface area (Å²) in [5, 5.41) is 0.403. The molecule has 1 aromatic rings. The van der Waals surface area contributed by atoms with Gasteiger partial charge in [-0.05, 0) is 44.4 Å². The van der Waals surface area contributed by atoms with Crippen molar-refractivity contribution >= 4 is 33.3 Å². The summed E-state index contributed by atoms with van der Waals surface area (Å²) >= 11 is 5.95. The molecule has 0 amide bonds. The number of ether oxygens (including phenoxy) is 1. The van der Waals surface area contributed by atoms with Gasteiger partial charge >= 0.3 is 5.97 Å². The largest absolute Gasteiger partial charge is 0.465 e. The lowest BCUT2D eigenvalue weighted by molar-refractivity contribution is -0.146. The van der Waals surface area contributed by atoms with Crippen LogP contribution in [0.4, 0.5) is 5.69 Å². The van der Waals surface area contributed by atoms with Crippen LogP contribution < -0.4 is 5.73 Å². The number of hydrogen-bond acceptors (Lipinski definition) is 5. The number of nitrogens with zero attached hydrogens (tertiary/aromatic N) is 1. The molecule has 8 heteroatoms. The van der Waals surface area contributed by atoms with Crippen molar-refractivity contribution in [2.24, 2.45) is 0 Å². The molecule has 1 atom stereocenters. The third kappa shape index (κ3) is 3.06. The van der Waals surface area contributed by atoms with Gasteiger partial charge in [0.15, 0.2) is 0 Å². The third-order valence-corrected chi connectivity index (χ3v) is 6.01. The van der Waals surface area contributed by atoms with Gasteiger partial charge in [0.1, 0.15) is 10.9 Å². The van der Waals surface area contributed by atoms with E-state index in [9.17, 15) is 13.2 Å². The molecule has 0 aliphatic carbocycles. The second kappa shape index (κ2) is 6.44. The minimum absolute atomic E-state index is 0.0226. The van der Waals surface area contributed by atoms with Gasteiger partial charge in [0, 0.05) is 11.6 Å². The molecule has 1 aliphatic rings. The minimum atomic E-state index is -3.87. The van der Waals surface area contributed by atoms with Crippen LogP contribution in [0.1, 0.15) is 25.3 Å². The number of esters is 1. The second-order valence-corrected chi connectivity index (χ2v) is 7.43. The quantitative estimate of drug-likeness (QED) is 0.664. The van der Waals surface area contributed by atoms with E-state index in [1.807, 2.05) is 0 Å². The van der Waals surface area contributed by atoms with Gasteiger partial charge in [-0.1, -0.05) is 11.6 Å². The summed E-state index contributed by atoms with van der Waals surface area (Å²) in [6.45, 7) is 3.87. The Hall–Kier alpha value is -1.31. The summed E-state index contributed by atoms with van der Waals surface area (Å²) in [7, 11) is -3.87. The minimum Gasteiger partial charge on any atom is -0.465 e. The molecule has 1 aromatic carbocycles. The molecule has 0 aromatic heterocycles. The maximum Gasteiger partial charge on any atom is 0.324 e. The molecule has 0 radical (unpaired) electrons. The number of sulfonamides is 1. The Kier molecular flexibility index (Phi) is 4.99. The van der Waals surface area contributed by atoms with Crippen LogP contribution in [-0.4, -0.2) is 37.9 Å². The molecular formula is C14H19ClN2O4S. The Morgan fingerprint density at radius 1 is 1.50 bits per heavy atom. The Balaban J connectivity index is 2.42. The maximum atomic E-state index is 12.8. The summed E-state index contributed by atoms with van der Waals surface area (Å²) in [5.74, 6) is -0.521. The molecule has 0 bridgehead atoms. The van der Waals surface area contributed by atoms with E-state index in [1.54, 1.807) is 13.8 Å². The van der Waals surface area contributed by atoms with Crippen LogP contribution in [0.25, 0.3) is 0 Å². The molecule has 0 spiro atoms. The van der Waals surface area contributed by atoms with Crippen molar-refractivity contribution in [3.05, 3.63) is 22.7 Å². The SMILES string of the molecule is CCOC(=O)[C@@H]1CCCN1S(=O)(=O)c1cc(C)c(Cl)cc1N. The molecule has 6 nitrogen and oxygen atoms in total. The number of nitrogen functional groups attached to an aromatic ring is 1. The van der Waals surface area contributed by atoms with E-state index in [0.717, 1.165) is 0 Å². The monoisotopic (exact) mass is 346 g/mol. The molecule has 1 heterocycles. The number of nitrogens with two attached hydrogens (primary N) is 1. The Morgan fingerprint density at radius 3 is 2.82 bits per heavy atom. The van der Waals surface area contributed by atoms with Crippen LogP contribution in [0.15, 0.2) is 17.0 Å². The lowest BCUT2D eigenvalue weighted by atomic mass is 10.2. The van der Waals surface area contributed by atoms with Gasteiger partial charge in [0.2, 0.25) is 10.0 Å². The topological polar surface area (TPSA) is 89.7 Å². The van der Waals surface area contributed by atoms with Crippen LogP contribution >= 0.6 is 11.6 Å². The van der Waals surface area contributed by atoms with Crippen molar-refractivity contribution in [3.8, 4) is 0 Å². The molecule has 1 saturated heterocycles. The molecule has 2 N–H and O–H groups in total. The first-order chi connectivity index (χ1) is 10.3. The average molecular weight is 347 g/mol. The van der Waals surface area contributed by atoms with Gasteiger partial charge < -0.3 is 10.5 Å². The van der Waals surface area contributed by atoms with Crippen molar-refractivity contribution in [1.29, 1.82) is 0 Å². The smallest absolute Gasteiger partial charge is 0.324 e. The summed E-state index contributed by atoms with van der Waals surface area (Å²) in [5.41, 5.74) is 6.50. The van der Waals surface area contributed by atoms with Gasteiger partial charge in [-0.3, -0.25) is 4.79 Å². The maximum absolute atomic E-state index is 12.8. The van der Waals surface area contributed by atoms with E-state index < -0.39 is 22.0 Å². The van der Waals surface area contributed by atoms with E-state index >= 15 is 0 Å². The summed E-state index contributed by atoms with van der Waals surface area (Å²) in [4.78, 5) is 11.9. The summed E-state index contributed by atoms with van der Waals surface area (Å²) in [6, 6.07) is 2.06. The van der Waals surface area contributed by atoms with Gasteiger partial charge in [-0.2, -0.15) is 4.31 Å². The molecule has 1 aliphatic heterocycles. The van der Waals surface area contributed by atoms with Crippen LogP contribution in [0.3, 0.4) is 0 Å². The van der Waals surface area contributed by atoms with Gasteiger partial charge in [-0.25, -0.2) is 8.42 Å². The fourth-order valence-corrected chi connectivity index (χ4v) is 4.53. The lowest BCUT2D eigenvalue weighted by Crippen LogP contribution is -2.41. The zero-order chi connectivity index (χ0) is 16.5. The first kappa shape index (κ1) is 17.1. The Bertz CT molecular complexity index is 690. The average Bonchev–Trinajstić information content (AvgIpc) is 2.93. The predicted octanol–water partition coefficient (Wildman–Crippen LogP) is 1.95. The van der Waals surface area contributed by atoms with Crippen molar-refractivity contribution in [2.45, 2.75) is 37.6 Å². The number of hydrogen-bond donors (Lipinski definition) is 1. The first-order valence-corrected chi connectivity index (χ1v) is 8.85. The number of carbonyl (C=O) groups excluding carboxylic acids is 1. The zero-order valence-electron chi connectivity index (χ0n) is 12.5. The van der Waals surface area contributed by atoms with Crippen LogP contribution in [-0.2, 0) is 19.6 Å². The fraction of sp³-hybridized carbons (Fsp3) is 0.500. The molecular weight excluding hydrogens is 328 g/mol. The summed E-state index contributed by atoms with van der Waals surface area (Å²) in [6.07, 6.45) is 1.06. The number of halogens is 1. The van der Waals surface area contributed by atoms with Crippen molar-refractivity contribution in [1.82, 2.24) is 4.31 Å². The molecule has 0 unspecified atom stereocenters. The zero-order valence-corrected chi connectivity index (χ0v) is 14.1. The highest BCUT2D eigenvalue weighted by Crippen LogP contribution is 2.32. The van der Waals surface area contributed by atoms with E-state index in [0.29, 0.717) is 23.4 Å². The number of anilines is 1. The Morgan fingerprint density at radius 2 is 2.18 bits per heavy atom. The van der Waals surface area contributed by atoms with Gasteiger partial charge in [0.05, 0.1) is 12.3 Å². The lowest BCUT2D eigenvalue weighted by Gasteiger charge is -2.23. The standard InChI is InChI=1S/C14H19ClN2O4S/c1-3-21-14(18)12-5-4-6-17(12)22(19,20)13-7-9(2)10(15)8-11(13)16/h7-8,12H,3-6,16H2,1-2H3/t12-/m0/s1. The molecule has 1 fully saturated rings. The van der Waals surface area contributed by atoms with E-state index in [1.165, 1.54) is 16.4 Å². The van der Waals surface area contributed by atoms with E-state index in [2.05, 4.69) is 0 Å². The van der Waals surface area contributed by atoms with Crippen molar-refractivity contribution < 1.29 is 17.9 Å². The number of aryl methyl sites for hydroxylation is 1. The number of benzene rings is 1. The highest BCUT2D eigenvalue weighted by Gasteiger charge is 2.41. The molecule has 22 heavy (non-hydrogen) atoms.